The first-order chi connectivity index (χ1) is 9.28. The summed E-state index contributed by atoms with van der Waals surface area (Å²) in [6.07, 6.45) is 2.23. The highest BCUT2D eigenvalue weighted by Crippen LogP contribution is 2.46. The Morgan fingerprint density at radius 2 is 1.95 bits per heavy atom. The Labute approximate surface area is 122 Å². The zero-order valence-electron chi connectivity index (χ0n) is 13.4. The summed E-state index contributed by atoms with van der Waals surface area (Å²) in [5.74, 6) is 0.878. The van der Waals surface area contributed by atoms with E-state index in [4.69, 9.17) is 0 Å². The molecule has 114 valence electrons. The van der Waals surface area contributed by atoms with Gasteiger partial charge in [0, 0.05) is 30.1 Å². The van der Waals surface area contributed by atoms with Gasteiger partial charge in [0.15, 0.2) is 5.96 Å². The van der Waals surface area contributed by atoms with Crippen molar-refractivity contribution in [3.05, 3.63) is 0 Å². The Morgan fingerprint density at radius 1 is 1.30 bits per heavy atom. The van der Waals surface area contributed by atoms with E-state index in [1.807, 2.05) is 0 Å². The number of aliphatic imine (C=N–C) groups is 1. The molecule has 0 bridgehead atoms. The van der Waals surface area contributed by atoms with Crippen LogP contribution in [0.15, 0.2) is 4.99 Å². The van der Waals surface area contributed by atoms with Crippen LogP contribution >= 0.6 is 0 Å². The number of likely N-dealkylation sites (tertiary alicyclic amines) is 1. The molecule has 1 amide bonds. The van der Waals surface area contributed by atoms with Crippen molar-refractivity contribution in [3.63, 3.8) is 0 Å². The zero-order valence-corrected chi connectivity index (χ0v) is 13.4. The normalized spacial score (nSPS) is 24.1. The van der Waals surface area contributed by atoms with Gasteiger partial charge in [-0.3, -0.25) is 4.79 Å². The van der Waals surface area contributed by atoms with E-state index in [9.17, 15) is 4.79 Å². The van der Waals surface area contributed by atoms with Gasteiger partial charge >= 0.3 is 0 Å². The lowest BCUT2D eigenvalue weighted by molar-refractivity contribution is -0.119. The lowest BCUT2D eigenvalue weighted by Crippen LogP contribution is -2.72. The lowest BCUT2D eigenvalue weighted by Gasteiger charge is -2.62. The molecule has 2 fully saturated rings. The maximum Gasteiger partial charge on any atom is 0.242 e. The summed E-state index contributed by atoms with van der Waals surface area (Å²) < 4.78 is 0. The van der Waals surface area contributed by atoms with E-state index in [0.717, 1.165) is 31.9 Å². The average Bonchev–Trinajstić information content (AvgIpc) is 3.16. The first-order valence-corrected chi connectivity index (χ1v) is 7.63. The molecular formula is C15H28N4O. The van der Waals surface area contributed by atoms with Crippen molar-refractivity contribution in [3.8, 4) is 0 Å². The molecule has 0 radical (unpaired) electrons. The van der Waals surface area contributed by atoms with Crippen LogP contribution in [-0.2, 0) is 4.79 Å². The Balaban J connectivity index is 1.97. The largest absolute Gasteiger partial charge is 0.356 e. The van der Waals surface area contributed by atoms with Gasteiger partial charge in [0.25, 0.3) is 0 Å². The van der Waals surface area contributed by atoms with E-state index in [-0.39, 0.29) is 23.4 Å². The van der Waals surface area contributed by atoms with Gasteiger partial charge in [-0.05, 0) is 33.6 Å². The summed E-state index contributed by atoms with van der Waals surface area (Å²) in [6.45, 7) is 13.1. The van der Waals surface area contributed by atoms with Crippen molar-refractivity contribution < 1.29 is 4.79 Å². The van der Waals surface area contributed by atoms with Gasteiger partial charge < -0.3 is 15.5 Å². The third kappa shape index (κ3) is 2.91. The molecule has 2 aliphatic rings. The highest BCUT2D eigenvalue weighted by Gasteiger charge is 2.53. The fraction of sp³-hybridized carbons (Fsp3) is 0.867. The summed E-state index contributed by atoms with van der Waals surface area (Å²) in [6, 6.07) is 0.402. The van der Waals surface area contributed by atoms with Gasteiger partial charge in [0.2, 0.25) is 5.91 Å². The molecule has 0 aromatic rings. The predicted molar refractivity (Wildman–Crippen MR) is 81.7 cm³/mol. The minimum atomic E-state index is 0.0282. The summed E-state index contributed by atoms with van der Waals surface area (Å²) in [5, 5.41) is 6.27. The van der Waals surface area contributed by atoms with E-state index in [2.05, 4.69) is 55.1 Å². The molecule has 1 aliphatic heterocycles. The van der Waals surface area contributed by atoms with E-state index < -0.39 is 0 Å². The second-order valence-electron chi connectivity index (χ2n) is 7.04. The summed E-state index contributed by atoms with van der Waals surface area (Å²) in [7, 11) is 0. The van der Waals surface area contributed by atoms with Crippen LogP contribution in [0.3, 0.4) is 0 Å². The minimum Gasteiger partial charge on any atom is -0.356 e. The Morgan fingerprint density at radius 3 is 2.40 bits per heavy atom. The van der Waals surface area contributed by atoms with Gasteiger partial charge in [-0.2, -0.15) is 0 Å². The van der Waals surface area contributed by atoms with Gasteiger partial charge in [-0.15, -0.1) is 0 Å². The van der Waals surface area contributed by atoms with E-state index in [0.29, 0.717) is 6.04 Å². The topological polar surface area (TPSA) is 56.7 Å². The minimum absolute atomic E-state index is 0.0282. The monoisotopic (exact) mass is 280 g/mol. The van der Waals surface area contributed by atoms with Crippen LogP contribution in [0, 0.1) is 5.41 Å². The quantitative estimate of drug-likeness (QED) is 0.604. The van der Waals surface area contributed by atoms with Crippen LogP contribution in [-0.4, -0.2) is 48.0 Å². The first kappa shape index (κ1) is 15.1. The fourth-order valence-corrected chi connectivity index (χ4v) is 2.44. The molecule has 2 rings (SSSR count). The zero-order chi connectivity index (χ0) is 15.0. The van der Waals surface area contributed by atoms with E-state index >= 15 is 0 Å². The van der Waals surface area contributed by atoms with Crippen LogP contribution in [0.4, 0.5) is 0 Å². The molecule has 0 spiro atoms. The van der Waals surface area contributed by atoms with E-state index in [1.54, 1.807) is 0 Å². The molecule has 1 aliphatic carbocycles. The summed E-state index contributed by atoms with van der Waals surface area (Å²) >= 11 is 0. The number of carbonyl (C=O) groups excluding carboxylic acids is 1. The Bertz CT molecular complexity index is 410. The van der Waals surface area contributed by atoms with Crippen LogP contribution < -0.4 is 10.6 Å². The Kier molecular flexibility index (Phi) is 3.98. The first-order valence-electron chi connectivity index (χ1n) is 7.63. The third-order valence-electron chi connectivity index (χ3n) is 4.79. The molecule has 0 unspecified atom stereocenters. The second kappa shape index (κ2) is 5.26. The summed E-state index contributed by atoms with van der Waals surface area (Å²) in [5.41, 5.74) is 0.320. The van der Waals surface area contributed by atoms with Gasteiger partial charge in [0.1, 0.15) is 6.54 Å². The van der Waals surface area contributed by atoms with Crippen LogP contribution in [0.5, 0.6) is 0 Å². The highest BCUT2D eigenvalue weighted by molar-refractivity contribution is 5.86. The van der Waals surface area contributed by atoms with Crippen molar-refractivity contribution >= 4 is 11.9 Å². The SMILES string of the molecule is CCNC(=NCC(=O)NC1CC1)N1CC(C)(C)C1(C)C. The molecule has 1 heterocycles. The van der Waals surface area contributed by atoms with Gasteiger partial charge in [-0.25, -0.2) is 4.99 Å². The molecule has 0 aromatic heterocycles. The number of hydrogen-bond donors (Lipinski definition) is 2. The van der Waals surface area contributed by atoms with Crippen molar-refractivity contribution in [1.82, 2.24) is 15.5 Å². The van der Waals surface area contributed by atoms with Crippen molar-refractivity contribution in [2.45, 2.75) is 59.0 Å². The molecule has 0 atom stereocenters. The van der Waals surface area contributed by atoms with Crippen LogP contribution in [0.25, 0.3) is 0 Å². The van der Waals surface area contributed by atoms with Crippen LogP contribution in [0.1, 0.15) is 47.5 Å². The molecule has 0 aromatic carbocycles. The van der Waals surface area contributed by atoms with Crippen molar-refractivity contribution in [1.29, 1.82) is 0 Å². The number of carbonyl (C=O) groups is 1. The lowest BCUT2D eigenvalue weighted by atomic mass is 9.65. The molecule has 20 heavy (non-hydrogen) atoms. The maximum atomic E-state index is 11.8. The summed E-state index contributed by atoms with van der Waals surface area (Å²) in [4.78, 5) is 18.5. The third-order valence-corrected chi connectivity index (χ3v) is 4.79. The highest BCUT2D eigenvalue weighted by atomic mass is 16.2. The molecule has 5 heteroatoms. The number of nitrogens with one attached hydrogen (secondary N) is 2. The maximum absolute atomic E-state index is 11.8. The van der Waals surface area contributed by atoms with Gasteiger partial charge in [-0.1, -0.05) is 13.8 Å². The number of rotatable bonds is 4. The van der Waals surface area contributed by atoms with Crippen LogP contribution in [0.2, 0.25) is 0 Å². The number of amides is 1. The molecule has 1 saturated carbocycles. The predicted octanol–water partition coefficient (Wildman–Crippen LogP) is 1.35. The van der Waals surface area contributed by atoms with Crippen molar-refractivity contribution in [2.24, 2.45) is 10.4 Å². The molecule has 5 nitrogen and oxygen atoms in total. The van der Waals surface area contributed by atoms with Crippen molar-refractivity contribution in [2.75, 3.05) is 19.6 Å². The number of nitrogens with zero attached hydrogens (tertiary/aromatic N) is 2. The standard InChI is InChI=1S/C15H28N4O/c1-6-16-13(17-9-12(20)18-11-7-8-11)19-10-14(2,3)15(19,4)5/h11H,6-10H2,1-5H3,(H,16,17)(H,18,20). The number of hydrogen-bond acceptors (Lipinski definition) is 2. The molecular weight excluding hydrogens is 252 g/mol. The van der Waals surface area contributed by atoms with Gasteiger partial charge in [0.05, 0.1) is 0 Å². The fourth-order valence-electron chi connectivity index (χ4n) is 2.44. The molecule has 1 saturated heterocycles. The smallest absolute Gasteiger partial charge is 0.242 e. The van der Waals surface area contributed by atoms with E-state index in [1.165, 1.54) is 0 Å². The molecule has 2 N–H and O–H groups in total. The Hall–Kier alpha value is -1.26. The number of guanidine groups is 1. The second-order valence-corrected chi connectivity index (χ2v) is 7.04. The average molecular weight is 280 g/mol.